The van der Waals surface area contributed by atoms with Crippen LogP contribution in [0.2, 0.25) is 5.02 Å². The van der Waals surface area contributed by atoms with Crippen molar-refractivity contribution in [2.75, 3.05) is 31.5 Å². The van der Waals surface area contributed by atoms with E-state index in [9.17, 15) is 23.2 Å². The van der Waals surface area contributed by atoms with Crippen molar-refractivity contribution in [3.8, 4) is 0 Å². The highest BCUT2D eigenvalue weighted by atomic mass is 35.5. The average Bonchev–Trinajstić information content (AvgIpc) is 3.31. The first-order valence-electron chi connectivity index (χ1n) is 11.8. The Labute approximate surface area is 217 Å². The van der Waals surface area contributed by atoms with Gasteiger partial charge in [0.1, 0.15) is 12.0 Å². The van der Waals surface area contributed by atoms with E-state index in [4.69, 9.17) is 17.3 Å². The highest BCUT2D eigenvalue weighted by Crippen LogP contribution is 2.31. The van der Waals surface area contributed by atoms with Crippen LogP contribution in [-0.2, 0) is 15.1 Å². The predicted molar refractivity (Wildman–Crippen MR) is 136 cm³/mol. The third-order valence-electron chi connectivity index (χ3n) is 6.51. The molecule has 0 aliphatic carbocycles. The minimum Gasteiger partial charge on any atom is -0.367 e. The maximum Gasteiger partial charge on any atom is 0.257 e. The van der Waals surface area contributed by atoms with E-state index in [-0.39, 0.29) is 17.1 Å². The molecule has 2 aromatic carbocycles. The highest BCUT2D eigenvalue weighted by molar-refractivity contribution is 6.34. The number of likely N-dealkylation sites (tertiary alicyclic amines) is 1. The number of nitrogens with one attached hydrogen (secondary N) is 3. The summed E-state index contributed by atoms with van der Waals surface area (Å²) in [5, 5.41) is 8.22. The number of nitrogens with zero attached hydrogens (tertiary/aromatic N) is 2. The van der Waals surface area contributed by atoms with Gasteiger partial charge in [-0.1, -0.05) is 23.7 Å². The van der Waals surface area contributed by atoms with Gasteiger partial charge in [-0.05, 0) is 55.3 Å². The number of anilines is 1. The lowest BCUT2D eigenvalue weighted by Gasteiger charge is -2.32. The Morgan fingerprint density at radius 3 is 2.65 bits per heavy atom. The van der Waals surface area contributed by atoms with Crippen molar-refractivity contribution < 1.29 is 23.2 Å². The largest absolute Gasteiger partial charge is 0.367 e. The van der Waals surface area contributed by atoms with Crippen LogP contribution in [-0.4, -0.2) is 67.4 Å². The van der Waals surface area contributed by atoms with Crippen LogP contribution < -0.4 is 21.7 Å². The van der Waals surface area contributed by atoms with Gasteiger partial charge >= 0.3 is 0 Å². The number of carbonyl (C=O) groups is 3. The lowest BCUT2D eigenvalue weighted by atomic mass is 9.82. The van der Waals surface area contributed by atoms with Crippen LogP contribution in [0.3, 0.4) is 0 Å². The molecule has 3 amide bonds. The Kier molecular flexibility index (Phi) is 8.03. The zero-order chi connectivity index (χ0) is 26.6. The van der Waals surface area contributed by atoms with Crippen molar-refractivity contribution in [1.29, 1.82) is 0 Å². The number of amides is 3. The number of primary amides is 1. The van der Waals surface area contributed by atoms with E-state index in [0.29, 0.717) is 30.8 Å². The van der Waals surface area contributed by atoms with Gasteiger partial charge < -0.3 is 21.7 Å². The Morgan fingerprint density at radius 1 is 1.22 bits per heavy atom. The Bertz CT molecular complexity index is 1210. The molecule has 3 unspecified atom stereocenters. The summed E-state index contributed by atoms with van der Waals surface area (Å²) in [5.74, 6) is -2.42. The normalized spacial score (nSPS) is 23.3. The van der Waals surface area contributed by atoms with Crippen molar-refractivity contribution in [2.24, 2.45) is 10.7 Å². The lowest BCUT2D eigenvalue weighted by Crippen LogP contribution is -2.60. The number of benzene rings is 2. The monoisotopic (exact) mass is 532 g/mol. The minimum atomic E-state index is -1.64. The molecule has 2 heterocycles. The SMILES string of the molecule is NC(=O)C1(c2ccc(NC(=O)c3ccc(F)cc3Cl)cc2)NC=NC1C(=O)NCCN1CCCC(F)C1. The summed E-state index contributed by atoms with van der Waals surface area (Å²) in [6.45, 7) is 1.84. The van der Waals surface area contributed by atoms with Gasteiger partial charge in [0.25, 0.3) is 11.8 Å². The van der Waals surface area contributed by atoms with Crippen LogP contribution in [0.25, 0.3) is 0 Å². The predicted octanol–water partition coefficient (Wildman–Crippen LogP) is 1.96. The Balaban J connectivity index is 1.44. The van der Waals surface area contributed by atoms with E-state index in [1.807, 2.05) is 4.90 Å². The fraction of sp³-hybridized carbons (Fsp3) is 0.360. The molecule has 0 radical (unpaired) electrons. The number of rotatable bonds is 8. The lowest BCUT2D eigenvalue weighted by molar-refractivity contribution is -0.131. The fourth-order valence-electron chi connectivity index (χ4n) is 4.58. The van der Waals surface area contributed by atoms with E-state index in [0.717, 1.165) is 25.1 Å². The maximum absolute atomic E-state index is 13.6. The highest BCUT2D eigenvalue weighted by Gasteiger charge is 2.52. The molecule has 2 aliphatic rings. The molecule has 2 aromatic rings. The van der Waals surface area contributed by atoms with Crippen molar-refractivity contribution in [3.05, 3.63) is 64.4 Å². The third-order valence-corrected chi connectivity index (χ3v) is 6.82. The second kappa shape index (κ2) is 11.2. The molecule has 37 heavy (non-hydrogen) atoms. The molecule has 3 atom stereocenters. The first-order chi connectivity index (χ1) is 17.7. The first-order valence-corrected chi connectivity index (χ1v) is 12.2. The molecule has 0 bridgehead atoms. The van der Waals surface area contributed by atoms with Crippen molar-refractivity contribution >= 4 is 41.3 Å². The van der Waals surface area contributed by atoms with Gasteiger partial charge in [0.05, 0.1) is 16.9 Å². The third kappa shape index (κ3) is 5.72. The van der Waals surface area contributed by atoms with Crippen LogP contribution in [0.4, 0.5) is 14.5 Å². The number of nitrogens with two attached hydrogens (primary N) is 1. The number of halogens is 3. The van der Waals surface area contributed by atoms with Gasteiger partial charge in [-0.2, -0.15) is 0 Å². The van der Waals surface area contributed by atoms with Crippen LogP contribution >= 0.6 is 11.6 Å². The van der Waals surface area contributed by atoms with Gasteiger partial charge in [0.15, 0.2) is 11.6 Å². The van der Waals surface area contributed by atoms with E-state index < -0.39 is 41.3 Å². The topological polar surface area (TPSA) is 129 Å². The summed E-state index contributed by atoms with van der Waals surface area (Å²) in [7, 11) is 0. The Hall–Kier alpha value is -3.57. The van der Waals surface area contributed by atoms with E-state index in [1.54, 1.807) is 12.1 Å². The van der Waals surface area contributed by atoms with E-state index in [1.165, 1.54) is 24.5 Å². The second-order valence-corrected chi connectivity index (χ2v) is 9.39. The fourth-order valence-corrected chi connectivity index (χ4v) is 4.84. The standard InChI is InChI=1S/C25H27ClF2N6O3/c26-20-12-16(27)5-8-19(20)22(35)33-18-6-3-15(4-7-18)25(24(29)37)21(31-14-32-25)23(36)30-9-11-34-10-1-2-17(28)13-34/h3-8,12,14,17,21H,1-2,9-11,13H2,(H2,29,37)(H,30,36)(H,31,32)(H,33,35). The smallest absolute Gasteiger partial charge is 0.257 e. The molecule has 0 saturated carbocycles. The number of alkyl halides is 1. The van der Waals surface area contributed by atoms with Crippen LogP contribution in [0.5, 0.6) is 0 Å². The van der Waals surface area contributed by atoms with Crippen LogP contribution in [0.15, 0.2) is 47.5 Å². The summed E-state index contributed by atoms with van der Waals surface area (Å²) in [5.41, 5.74) is 4.95. The molecule has 9 nitrogen and oxygen atoms in total. The molecule has 0 aromatic heterocycles. The molecular weight excluding hydrogens is 506 g/mol. The Morgan fingerprint density at radius 2 is 1.97 bits per heavy atom. The summed E-state index contributed by atoms with van der Waals surface area (Å²) in [6, 6.07) is 8.43. The van der Waals surface area contributed by atoms with E-state index in [2.05, 4.69) is 20.9 Å². The molecule has 196 valence electrons. The molecule has 0 spiro atoms. The van der Waals surface area contributed by atoms with Crippen molar-refractivity contribution in [1.82, 2.24) is 15.5 Å². The molecule has 1 fully saturated rings. The quantitative estimate of drug-likeness (QED) is 0.413. The van der Waals surface area contributed by atoms with Gasteiger partial charge in [0, 0.05) is 25.3 Å². The van der Waals surface area contributed by atoms with Gasteiger partial charge in [-0.15, -0.1) is 0 Å². The van der Waals surface area contributed by atoms with Crippen molar-refractivity contribution in [2.45, 2.75) is 30.6 Å². The number of carbonyl (C=O) groups excluding carboxylic acids is 3. The maximum atomic E-state index is 13.6. The zero-order valence-electron chi connectivity index (χ0n) is 19.8. The summed E-state index contributed by atoms with van der Waals surface area (Å²) in [6.07, 6.45) is 1.72. The van der Waals surface area contributed by atoms with Gasteiger partial charge in [0.2, 0.25) is 5.91 Å². The molecule has 12 heteroatoms. The zero-order valence-corrected chi connectivity index (χ0v) is 20.6. The van der Waals surface area contributed by atoms with E-state index >= 15 is 0 Å². The summed E-state index contributed by atoms with van der Waals surface area (Å²) in [4.78, 5) is 44.3. The number of piperidine rings is 1. The molecular formula is C25H27ClF2N6O3. The molecule has 4 rings (SSSR count). The van der Waals surface area contributed by atoms with Gasteiger partial charge in [-0.3, -0.25) is 24.3 Å². The van der Waals surface area contributed by atoms with Crippen molar-refractivity contribution in [3.63, 3.8) is 0 Å². The molecule has 1 saturated heterocycles. The number of hydrogen-bond donors (Lipinski definition) is 4. The average molecular weight is 533 g/mol. The first kappa shape index (κ1) is 26.5. The minimum absolute atomic E-state index is 0.0345. The molecule has 5 N–H and O–H groups in total. The number of hydrogen-bond acceptors (Lipinski definition) is 6. The van der Waals surface area contributed by atoms with Gasteiger partial charge in [-0.25, -0.2) is 8.78 Å². The molecule has 2 aliphatic heterocycles. The van der Waals surface area contributed by atoms with Crippen LogP contribution in [0.1, 0.15) is 28.8 Å². The van der Waals surface area contributed by atoms with Crippen LogP contribution in [0, 0.1) is 5.82 Å². The summed E-state index contributed by atoms with van der Waals surface area (Å²) >= 11 is 5.96. The second-order valence-electron chi connectivity index (χ2n) is 8.98. The summed E-state index contributed by atoms with van der Waals surface area (Å²) < 4.78 is 26.9. The number of aliphatic imine (C=N–C) groups is 1.